The molecule has 0 bridgehead atoms. The molecule has 6 heteroatoms. The van der Waals surface area contributed by atoms with Crippen molar-refractivity contribution in [2.45, 2.75) is 32.6 Å². The molecular weight excluding hydrogens is 288 g/mol. The van der Waals surface area contributed by atoms with E-state index in [2.05, 4.69) is 0 Å². The Kier molecular flexibility index (Phi) is 6.19. The van der Waals surface area contributed by atoms with E-state index in [9.17, 15) is 8.42 Å². The summed E-state index contributed by atoms with van der Waals surface area (Å²) >= 11 is 0. The minimum atomic E-state index is -3.50. The number of sulfonamides is 1. The second kappa shape index (κ2) is 7.24. The van der Waals surface area contributed by atoms with Gasteiger partial charge in [-0.3, -0.25) is 0 Å². The second-order valence-electron chi connectivity index (χ2n) is 5.70. The van der Waals surface area contributed by atoms with Gasteiger partial charge in [0.1, 0.15) is 5.75 Å². The Morgan fingerprint density at radius 1 is 1.19 bits per heavy atom. The lowest BCUT2D eigenvalue weighted by atomic mass is 9.94. The molecule has 0 unspecified atom stereocenters. The summed E-state index contributed by atoms with van der Waals surface area (Å²) in [6.45, 7) is 9.44. The molecule has 0 atom stereocenters. The molecule has 0 aliphatic heterocycles. The van der Waals surface area contributed by atoms with E-state index in [0.717, 1.165) is 0 Å². The minimum absolute atomic E-state index is 0.256. The average Bonchev–Trinajstić information content (AvgIpc) is 2.45. The lowest BCUT2D eigenvalue weighted by molar-refractivity contribution is 0.273. The molecule has 0 aliphatic rings. The maximum Gasteiger partial charge on any atom is 0.243 e. The third kappa shape index (κ3) is 4.69. The smallest absolute Gasteiger partial charge is 0.243 e. The average molecular weight is 314 g/mol. The topological polar surface area (TPSA) is 72.6 Å². The summed E-state index contributed by atoms with van der Waals surface area (Å²) in [6, 6.07) is 6.52. The van der Waals surface area contributed by atoms with Crippen LogP contribution in [0.2, 0.25) is 0 Å². The molecule has 0 fully saturated rings. The summed E-state index contributed by atoms with van der Waals surface area (Å²) < 4.78 is 32.1. The Labute approximate surface area is 128 Å². The first-order chi connectivity index (χ1) is 9.76. The van der Waals surface area contributed by atoms with Gasteiger partial charge in [-0.1, -0.05) is 20.8 Å². The summed E-state index contributed by atoms with van der Waals surface area (Å²) in [7, 11) is -3.50. The number of hydrogen-bond donors (Lipinski definition) is 1. The van der Waals surface area contributed by atoms with Crippen molar-refractivity contribution >= 4 is 10.0 Å². The molecule has 0 aliphatic carbocycles. The quantitative estimate of drug-likeness (QED) is 0.797. The Bertz CT molecular complexity index is 539. The fraction of sp³-hybridized carbons (Fsp3) is 0.600. The van der Waals surface area contributed by atoms with Crippen LogP contribution in [0, 0.1) is 5.41 Å². The first-order valence-corrected chi connectivity index (χ1v) is 8.64. The van der Waals surface area contributed by atoms with E-state index in [1.165, 1.54) is 4.31 Å². The zero-order valence-corrected chi connectivity index (χ0v) is 14.1. The van der Waals surface area contributed by atoms with Gasteiger partial charge < -0.3 is 10.5 Å². The number of hydrogen-bond acceptors (Lipinski definition) is 4. The van der Waals surface area contributed by atoms with Crippen molar-refractivity contribution in [2.75, 3.05) is 26.2 Å². The summed E-state index contributed by atoms with van der Waals surface area (Å²) in [6.07, 6.45) is 0. The highest BCUT2D eigenvalue weighted by molar-refractivity contribution is 7.89. The molecule has 0 amide bonds. The number of nitrogens with two attached hydrogens (primary N) is 1. The standard InChI is InChI=1S/C15H26N2O3S/c1-5-17(12-15(3,4)11-16)21(18,19)14-9-7-13(8-10-14)20-6-2/h7-10H,5-6,11-12,16H2,1-4H3. The van der Waals surface area contributed by atoms with Crippen molar-refractivity contribution in [1.29, 1.82) is 0 Å². The lowest BCUT2D eigenvalue weighted by Crippen LogP contribution is -2.41. The molecule has 0 aromatic heterocycles. The molecule has 120 valence electrons. The molecule has 0 radical (unpaired) electrons. The molecule has 1 rings (SSSR count). The monoisotopic (exact) mass is 314 g/mol. The van der Waals surface area contributed by atoms with Gasteiger partial charge in [-0.2, -0.15) is 4.31 Å². The van der Waals surface area contributed by atoms with E-state index in [-0.39, 0.29) is 10.3 Å². The van der Waals surface area contributed by atoms with Crippen LogP contribution in [-0.4, -0.2) is 39.0 Å². The van der Waals surface area contributed by atoms with Crippen LogP contribution in [-0.2, 0) is 10.0 Å². The lowest BCUT2D eigenvalue weighted by Gasteiger charge is -2.30. The van der Waals surface area contributed by atoms with Crippen LogP contribution in [0.25, 0.3) is 0 Å². The molecule has 0 heterocycles. The van der Waals surface area contributed by atoms with E-state index >= 15 is 0 Å². The van der Waals surface area contributed by atoms with Gasteiger partial charge in [-0.05, 0) is 43.1 Å². The predicted octanol–water partition coefficient (Wildman–Crippen LogP) is 2.08. The fourth-order valence-corrected chi connectivity index (χ4v) is 3.57. The maximum absolute atomic E-state index is 12.7. The zero-order valence-electron chi connectivity index (χ0n) is 13.3. The Hall–Kier alpha value is -1.11. The summed E-state index contributed by atoms with van der Waals surface area (Å²) in [4.78, 5) is 0.278. The van der Waals surface area contributed by atoms with Crippen molar-refractivity contribution in [3.63, 3.8) is 0 Å². The van der Waals surface area contributed by atoms with Crippen molar-refractivity contribution in [3.05, 3.63) is 24.3 Å². The molecule has 1 aromatic rings. The SMILES string of the molecule is CCOc1ccc(S(=O)(=O)N(CC)CC(C)(C)CN)cc1. The van der Waals surface area contributed by atoms with Gasteiger partial charge in [-0.25, -0.2) is 8.42 Å². The highest BCUT2D eigenvalue weighted by atomic mass is 32.2. The zero-order chi connectivity index (χ0) is 16.1. The highest BCUT2D eigenvalue weighted by Crippen LogP contribution is 2.23. The largest absolute Gasteiger partial charge is 0.494 e. The van der Waals surface area contributed by atoms with E-state index < -0.39 is 10.0 Å². The van der Waals surface area contributed by atoms with Gasteiger partial charge >= 0.3 is 0 Å². The predicted molar refractivity (Wildman–Crippen MR) is 84.9 cm³/mol. The summed E-state index contributed by atoms with van der Waals surface area (Å²) in [5, 5.41) is 0. The van der Waals surface area contributed by atoms with Crippen molar-refractivity contribution < 1.29 is 13.2 Å². The Balaban J connectivity index is 3.01. The molecular formula is C15H26N2O3S. The van der Waals surface area contributed by atoms with E-state index in [4.69, 9.17) is 10.5 Å². The minimum Gasteiger partial charge on any atom is -0.494 e. The van der Waals surface area contributed by atoms with E-state index in [1.807, 2.05) is 27.7 Å². The third-order valence-corrected chi connectivity index (χ3v) is 5.22. The van der Waals surface area contributed by atoms with Crippen molar-refractivity contribution in [3.8, 4) is 5.75 Å². The summed E-state index contributed by atoms with van der Waals surface area (Å²) in [5.74, 6) is 0.668. The van der Waals surface area contributed by atoms with Gasteiger partial charge in [0, 0.05) is 13.1 Å². The first-order valence-electron chi connectivity index (χ1n) is 7.20. The molecule has 5 nitrogen and oxygen atoms in total. The van der Waals surface area contributed by atoms with Gasteiger partial charge in [0.05, 0.1) is 11.5 Å². The molecule has 1 aromatic carbocycles. The number of ether oxygens (including phenoxy) is 1. The molecule has 2 N–H and O–H groups in total. The Morgan fingerprint density at radius 3 is 2.19 bits per heavy atom. The number of benzene rings is 1. The summed E-state index contributed by atoms with van der Waals surface area (Å²) in [5.41, 5.74) is 5.45. The molecule has 0 saturated heterocycles. The van der Waals surface area contributed by atoms with E-state index in [0.29, 0.717) is 32.0 Å². The third-order valence-electron chi connectivity index (χ3n) is 3.28. The molecule has 0 spiro atoms. The van der Waals surface area contributed by atoms with Gasteiger partial charge in [-0.15, -0.1) is 0 Å². The van der Waals surface area contributed by atoms with E-state index in [1.54, 1.807) is 24.3 Å². The van der Waals surface area contributed by atoms with Crippen LogP contribution in [0.5, 0.6) is 5.75 Å². The van der Waals surface area contributed by atoms with Crippen molar-refractivity contribution in [1.82, 2.24) is 4.31 Å². The van der Waals surface area contributed by atoms with Crippen LogP contribution < -0.4 is 10.5 Å². The molecule has 21 heavy (non-hydrogen) atoms. The first kappa shape index (κ1) is 17.9. The fourth-order valence-electron chi connectivity index (χ4n) is 1.93. The van der Waals surface area contributed by atoms with Crippen LogP contribution in [0.1, 0.15) is 27.7 Å². The Morgan fingerprint density at radius 2 is 1.76 bits per heavy atom. The molecule has 0 saturated carbocycles. The number of rotatable bonds is 8. The van der Waals surface area contributed by atoms with Crippen molar-refractivity contribution in [2.24, 2.45) is 11.1 Å². The van der Waals surface area contributed by atoms with Crippen LogP contribution in [0.4, 0.5) is 0 Å². The van der Waals surface area contributed by atoms with Gasteiger partial charge in [0.25, 0.3) is 0 Å². The van der Waals surface area contributed by atoms with Gasteiger partial charge in [0.2, 0.25) is 10.0 Å². The number of nitrogens with zero attached hydrogens (tertiary/aromatic N) is 1. The van der Waals surface area contributed by atoms with Crippen LogP contribution in [0.3, 0.4) is 0 Å². The van der Waals surface area contributed by atoms with Gasteiger partial charge in [0.15, 0.2) is 0 Å². The normalized spacial score (nSPS) is 12.7. The maximum atomic E-state index is 12.7. The second-order valence-corrected chi connectivity index (χ2v) is 7.64. The highest BCUT2D eigenvalue weighted by Gasteiger charge is 2.28. The van der Waals surface area contributed by atoms with Crippen LogP contribution in [0.15, 0.2) is 29.2 Å². The van der Waals surface area contributed by atoms with Crippen LogP contribution >= 0.6 is 0 Å².